The zero-order valence-electron chi connectivity index (χ0n) is 9.41. The van der Waals surface area contributed by atoms with Crippen LogP contribution in [0.15, 0.2) is 32.8 Å². The number of aromatic nitrogens is 2. The van der Waals surface area contributed by atoms with Gasteiger partial charge in [-0.25, -0.2) is 4.79 Å². The minimum atomic E-state index is -0.711. The third kappa shape index (κ3) is 2.51. The zero-order valence-corrected chi connectivity index (χ0v) is 14.0. The minimum Gasteiger partial charge on any atom is -0.384 e. The fourth-order valence-electron chi connectivity index (χ4n) is 1.93. The van der Waals surface area contributed by atoms with Crippen LogP contribution >= 0.6 is 49.9 Å². The van der Waals surface area contributed by atoms with Gasteiger partial charge in [0.1, 0.15) is 6.10 Å². The summed E-state index contributed by atoms with van der Waals surface area (Å²) in [6.45, 7) is 0. The van der Waals surface area contributed by atoms with Gasteiger partial charge in [0.15, 0.2) is 0 Å². The standard InChI is InChI=1S/C12H8BrIN2O2S/c13-7-3-9-8(15-12(18)16-9)2-6(7)11(17)5-1-10(14)19-4-5/h1-4,11,17H,(H2,15,16,18). The normalized spacial score (nSPS) is 13.0. The van der Waals surface area contributed by atoms with Crippen molar-refractivity contribution >= 4 is 60.9 Å². The Balaban J connectivity index is 2.13. The Hall–Kier alpha value is -0.640. The largest absolute Gasteiger partial charge is 0.384 e. The summed E-state index contributed by atoms with van der Waals surface area (Å²) < 4.78 is 1.89. The molecule has 3 aromatic rings. The van der Waals surface area contributed by atoms with E-state index in [1.807, 2.05) is 11.4 Å². The molecule has 7 heteroatoms. The molecule has 0 saturated carbocycles. The first-order valence-corrected chi connectivity index (χ1v) is 8.13. The highest BCUT2D eigenvalue weighted by atomic mass is 127. The fourth-order valence-corrected chi connectivity index (χ4v) is 3.88. The van der Waals surface area contributed by atoms with E-state index in [4.69, 9.17) is 0 Å². The Morgan fingerprint density at radius 3 is 2.58 bits per heavy atom. The van der Waals surface area contributed by atoms with Gasteiger partial charge in [-0.2, -0.15) is 0 Å². The number of rotatable bonds is 2. The molecule has 0 aliphatic carbocycles. The van der Waals surface area contributed by atoms with E-state index >= 15 is 0 Å². The van der Waals surface area contributed by atoms with Crippen LogP contribution in [-0.4, -0.2) is 15.1 Å². The van der Waals surface area contributed by atoms with Crippen LogP contribution in [0.1, 0.15) is 17.2 Å². The van der Waals surface area contributed by atoms with Gasteiger partial charge in [0.25, 0.3) is 0 Å². The average molecular weight is 451 g/mol. The van der Waals surface area contributed by atoms with Gasteiger partial charge in [0.05, 0.1) is 13.9 Å². The van der Waals surface area contributed by atoms with Gasteiger partial charge in [-0.05, 0) is 51.7 Å². The molecule has 3 rings (SSSR count). The summed E-state index contributed by atoms with van der Waals surface area (Å²) >= 11 is 7.25. The van der Waals surface area contributed by atoms with E-state index in [1.165, 1.54) is 0 Å². The van der Waals surface area contributed by atoms with Crippen molar-refractivity contribution in [3.63, 3.8) is 0 Å². The summed E-state index contributed by atoms with van der Waals surface area (Å²) in [5.41, 5.74) is 2.74. The van der Waals surface area contributed by atoms with Crippen molar-refractivity contribution < 1.29 is 5.11 Å². The summed E-state index contributed by atoms with van der Waals surface area (Å²) in [7, 11) is 0. The van der Waals surface area contributed by atoms with Gasteiger partial charge in [-0.15, -0.1) is 11.3 Å². The molecule has 0 spiro atoms. The molecule has 0 fully saturated rings. The summed E-state index contributed by atoms with van der Waals surface area (Å²) in [4.78, 5) is 16.6. The van der Waals surface area contributed by atoms with Crippen LogP contribution in [0.5, 0.6) is 0 Å². The Morgan fingerprint density at radius 2 is 1.95 bits per heavy atom. The lowest BCUT2D eigenvalue weighted by atomic mass is 10.0. The quantitative estimate of drug-likeness (QED) is 0.524. The maximum Gasteiger partial charge on any atom is 0.323 e. The molecule has 0 amide bonds. The number of benzene rings is 1. The molecule has 3 N–H and O–H groups in total. The van der Waals surface area contributed by atoms with Crippen LogP contribution in [0.4, 0.5) is 0 Å². The molecule has 0 radical (unpaired) electrons. The van der Waals surface area contributed by atoms with Gasteiger partial charge in [0.2, 0.25) is 0 Å². The highest BCUT2D eigenvalue weighted by Crippen LogP contribution is 2.33. The van der Waals surface area contributed by atoms with Crippen molar-refractivity contribution in [3.8, 4) is 0 Å². The van der Waals surface area contributed by atoms with Crippen LogP contribution in [0, 0.1) is 2.88 Å². The van der Waals surface area contributed by atoms with Gasteiger partial charge in [-0.1, -0.05) is 15.9 Å². The summed E-state index contributed by atoms with van der Waals surface area (Å²) in [6.07, 6.45) is -0.711. The Morgan fingerprint density at radius 1 is 1.26 bits per heavy atom. The number of H-pyrrole nitrogens is 2. The second-order valence-electron chi connectivity index (χ2n) is 4.09. The van der Waals surface area contributed by atoms with Crippen LogP contribution in [0.25, 0.3) is 11.0 Å². The molecule has 0 aliphatic heterocycles. The number of hydrogen-bond acceptors (Lipinski definition) is 3. The summed E-state index contributed by atoms with van der Waals surface area (Å²) in [5.74, 6) is 0. The van der Waals surface area contributed by atoms with Crippen molar-refractivity contribution in [2.75, 3.05) is 0 Å². The molecule has 98 valence electrons. The number of aliphatic hydroxyl groups excluding tert-OH is 1. The maximum atomic E-state index is 11.3. The first kappa shape index (κ1) is 13.3. The highest BCUT2D eigenvalue weighted by Gasteiger charge is 2.16. The predicted octanol–water partition coefficient (Wildman–Crippen LogP) is 3.37. The van der Waals surface area contributed by atoms with Crippen molar-refractivity contribution in [1.29, 1.82) is 0 Å². The predicted molar refractivity (Wildman–Crippen MR) is 87.7 cm³/mol. The molecule has 2 aromatic heterocycles. The molecule has 4 nitrogen and oxygen atoms in total. The monoisotopic (exact) mass is 450 g/mol. The number of aromatic amines is 2. The molecule has 0 bridgehead atoms. The average Bonchev–Trinajstić information content (AvgIpc) is 2.92. The number of hydrogen-bond donors (Lipinski definition) is 3. The molecular weight excluding hydrogens is 443 g/mol. The van der Waals surface area contributed by atoms with E-state index in [1.54, 1.807) is 23.5 Å². The van der Waals surface area contributed by atoms with Crippen molar-refractivity contribution in [2.24, 2.45) is 0 Å². The topological polar surface area (TPSA) is 68.9 Å². The molecule has 1 unspecified atom stereocenters. The van der Waals surface area contributed by atoms with Gasteiger partial charge >= 0.3 is 5.69 Å². The first-order valence-electron chi connectivity index (χ1n) is 5.38. The van der Waals surface area contributed by atoms with E-state index in [2.05, 4.69) is 48.5 Å². The highest BCUT2D eigenvalue weighted by molar-refractivity contribution is 14.1. The molecule has 0 saturated heterocycles. The van der Waals surface area contributed by atoms with Crippen molar-refractivity contribution in [1.82, 2.24) is 9.97 Å². The van der Waals surface area contributed by atoms with E-state index in [-0.39, 0.29) is 5.69 Å². The third-order valence-corrected chi connectivity index (χ3v) is 5.33. The number of fused-ring (bicyclic) bond motifs is 1. The van der Waals surface area contributed by atoms with Crippen molar-refractivity contribution in [3.05, 3.63) is 52.5 Å². The molecule has 1 aromatic carbocycles. The SMILES string of the molecule is O=c1[nH]c2cc(Br)c(C(O)c3csc(I)c3)cc2[nH]1. The summed E-state index contributed by atoms with van der Waals surface area (Å²) in [5, 5.41) is 12.4. The second kappa shape index (κ2) is 5.04. The van der Waals surface area contributed by atoms with Gasteiger partial charge in [-0.3, -0.25) is 0 Å². The lowest BCUT2D eigenvalue weighted by Gasteiger charge is -2.11. The van der Waals surface area contributed by atoms with E-state index < -0.39 is 6.10 Å². The van der Waals surface area contributed by atoms with Crippen LogP contribution in [0.3, 0.4) is 0 Å². The number of halogens is 2. The molecule has 0 aliphatic rings. The Bertz CT molecular complexity index is 808. The van der Waals surface area contributed by atoms with Gasteiger partial charge < -0.3 is 15.1 Å². The smallest absolute Gasteiger partial charge is 0.323 e. The Labute approximate surface area is 134 Å². The molecular formula is C12H8BrIN2O2S. The maximum absolute atomic E-state index is 11.3. The Kier molecular flexibility index (Phi) is 3.54. The fraction of sp³-hybridized carbons (Fsp3) is 0.0833. The zero-order chi connectivity index (χ0) is 13.6. The number of aliphatic hydroxyl groups is 1. The van der Waals surface area contributed by atoms with E-state index in [0.29, 0.717) is 11.0 Å². The number of nitrogens with one attached hydrogen (secondary N) is 2. The number of thiophene rings is 1. The van der Waals surface area contributed by atoms with Crippen LogP contribution in [-0.2, 0) is 0 Å². The van der Waals surface area contributed by atoms with Crippen LogP contribution < -0.4 is 5.69 Å². The minimum absolute atomic E-state index is 0.251. The molecule has 1 atom stereocenters. The van der Waals surface area contributed by atoms with Crippen LogP contribution in [0.2, 0.25) is 0 Å². The second-order valence-corrected chi connectivity index (χ2v) is 7.74. The first-order chi connectivity index (χ1) is 9.04. The van der Waals surface area contributed by atoms with Gasteiger partial charge in [0, 0.05) is 10.0 Å². The van der Waals surface area contributed by atoms with Crippen molar-refractivity contribution in [2.45, 2.75) is 6.10 Å². The molecule has 19 heavy (non-hydrogen) atoms. The van der Waals surface area contributed by atoms with E-state index in [9.17, 15) is 9.90 Å². The van der Waals surface area contributed by atoms with E-state index in [0.717, 1.165) is 18.5 Å². The number of imidazole rings is 1. The summed E-state index contributed by atoms with van der Waals surface area (Å²) in [6, 6.07) is 5.53. The lowest BCUT2D eigenvalue weighted by molar-refractivity contribution is 0.220. The molecule has 2 heterocycles. The lowest BCUT2D eigenvalue weighted by Crippen LogP contribution is -1.99. The third-order valence-electron chi connectivity index (χ3n) is 2.83.